The van der Waals surface area contributed by atoms with Crippen LogP contribution in [0.2, 0.25) is 0 Å². The van der Waals surface area contributed by atoms with E-state index in [9.17, 15) is 22.4 Å². The highest BCUT2D eigenvalue weighted by molar-refractivity contribution is 5.72. The first-order valence-electron chi connectivity index (χ1n) is 6.48. The van der Waals surface area contributed by atoms with Crippen molar-refractivity contribution in [2.24, 2.45) is 5.92 Å². The molecule has 2 unspecified atom stereocenters. The number of rotatable bonds is 2. The lowest BCUT2D eigenvalue weighted by molar-refractivity contribution is -0.146. The third-order valence-electron chi connectivity index (χ3n) is 3.65. The highest BCUT2D eigenvalue weighted by atomic mass is 19.4. The molecule has 1 saturated heterocycles. The summed E-state index contributed by atoms with van der Waals surface area (Å²) in [5.41, 5.74) is -0.832. The van der Waals surface area contributed by atoms with E-state index in [0.29, 0.717) is 25.1 Å². The zero-order chi connectivity index (χ0) is 15.6. The summed E-state index contributed by atoms with van der Waals surface area (Å²) >= 11 is 0. The van der Waals surface area contributed by atoms with Gasteiger partial charge in [-0.05, 0) is 30.0 Å². The Kier molecular flexibility index (Phi) is 4.51. The predicted octanol–water partition coefficient (Wildman–Crippen LogP) is 2.71. The molecule has 1 aliphatic heterocycles. The number of methoxy groups -OCH3 is 1. The van der Waals surface area contributed by atoms with Crippen LogP contribution < -0.4 is 5.32 Å². The molecule has 7 heteroatoms. The number of alkyl halides is 3. The lowest BCUT2D eigenvalue weighted by Gasteiger charge is -2.29. The minimum absolute atomic E-state index is 0.223. The predicted molar refractivity (Wildman–Crippen MR) is 67.1 cm³/mol. The van der Waals surface area contributed by atoms with Gasteiger partial charge in [-0.1, -0.05) is 6.07 Å². The van der Waals surface area contributed by atoms with Gasteiger partial charge in [0.05, 0.1) is 18.6 Å². The van der Waals surface area contributed by atoms with E-state index >= 15 is 0 Å². The fourth-order valence-electron chi connectivity index (χ4n) is 2.56. The van der Waals surface area contributed by atoms with Gasteiger partial charge in [0.2, 0.25) is 0 Å². The van der Waals surface area contributed by atoms with Gasteiger partial charge in [0.25, 0.3) is 0 Å². The number of piperidine rings is 1. The van der Waals surface area contributed by atoms with Crippen LogP contribution in [-0.2, 0) is 15.7 Å². The molecule has 2 atom stereocenters. The normalized spacial score (nSPS) is 22.9. The zero-order valence-corrected chi connectivity index (χ0v) is 11.3. The number of ether oxygens (including phenoxy) is 1. The average molecular weight is 305 g/mol. The van der Waals surface area contributed by atoms with E-state index in [1.54, 1.807) is 0 Å². The molecule has 3 nitrogen and oxygen atoms in total. The Labute approximate surface area is 119 Å². The van der Waals surface area contributed by atoms with E-state index in [2.05, 4.69) is 10.1 Å². The van der Waals surface area contributed by atoms with Crippen molar-refractivity contribution in [2.75, 3.05) is 20.2 Å². The molecule has 1 aromatic carbocycles. The molecule has 0 radical (unpaired) electrons. The molecule has 116 valence electrons. The van der Waals surface area contributed by atoms with E-state index in [1.807, 2.05) is 0 Å². The standard InChI is InChI=1S/C14H15F4NO2/c1-21-13(20)10-4-9(6-19-7-10)8-2-3-11(12(15)5-8)14(16,17)18/h2-3,5,9-10,19H,4,6-7H2,1H3. The number of halogens is 4. The van der Waals surface area contributed by atoms with Gasteiger partial charge in [0.1, 0.15) is 5.82 Å². The summed E-state index contributed by atoms with van der Waals surface area (Å²) in [6.07, 6.45) is -4.29. The van der Waals surface area contributed by atoms with Crippen molar-refractivity contribution in [3.63, 3.8) is 0 Å². The second-order valence-electron chi connectivity index (χ2n) is 5.05. The van der Waals surface area contributed by atoms with Crippen molar-refractivity contribution < 1.29 is 27.1 Å². The Bertz CT molecular complexity index is 530. The molecular weight excluding hydrogens is 290 g/mol. The van der Waals surface area contributed by atoms with Gasteiger partial charge in [0, 0.05) is 13.1 Å². The Balaban J connectivity index is 2.19. The molecule has 1 fully saturated rings. The van der Waals surface area contributed by atoms with E-state index < -0.39 is 17.6 Å². The highest BCUT2D eigenvalue weighted by Crippen LogP contribution is 2.34. The lowest BCUT2D eigenvalue weighted by atomic mass is 9.85. The number of hydrogen-bond donors (Lipinski definition) is 1. The molecule has 0 bridgehead atoms. The largest absolute Gasteiger partial charge is 0.469 e. The second-order valence-corrected chi connectivity index (χ2v) is 5.05. The molecule has 0 aliphatic carbocycles. The summed E-state index contributed by atoms with van der Waals surface area (Å²) in [6.45, 7) is 0.935. The SMILES string of the molecule is COC(=O)C1CNCC(c2ccc(C(F)(F)F)c(F)c2)C1. The van der Waals surface area contributed by atoms with E-state index in [4.69, 9.17) is 0 Å². The van der Waals surface area contributed by atoms with Gasteiger partial charge in [0.15, 0.2) is 0 Å². The minimum Gasteiger partial charge on any atom is -0.469 e. The Hall–Kier alpha value is -1.63. The van der Waals surface area contributed by atoms with E-state index in [-0.39, 0.29) is 17.8 Å². The zero-order valence-electron chi connectivity index (χ0n) is 11.3. The lowest BCUT2D eigenvalue weighted by Crippen LogP contribution is -2.39. The van der Waals surface area contributed by atoms with Gasteiger partial charge >= 0.3 is 12.1 Å². The third kappa shape index (κ3) is 3.53. The first-order chi connectivity index (χ1) is 9.82. The average Bonchev–Trinajstić information content (AvgIpc) is 2.45. The molecule has 0 spiro atoms. The van der Waals surface area contributed by atoms with Crippen LogP contribution in [0, 0.1) is 11.7 Å². The van der Waals surface area contributed by atoms with Crippen LogP contribution in [-0.4, -0.2) is 26.2 Å². The van der Waals surface area contributed by atoms with Crippen LogP contribution in [0.3, 0.4) is 0 Å². The maximum Gasteiger partial charge on any atom is 0.419 e. The van der Waals surface area contributed by atoms with Gasteiger partial charge in [-0.2, -0.15) is 13.2 Å². The van der Waals surface area contributed by atoms with Crippen LogP contribution >= 0.6 is 0 Å². The van der Waals surface area contributed by atoms with Gasteiger partial charge in [-0.15, -0.1) is 0 Å². The van der Waals surface area contributed by atoms with Crippen LogP contribution in [0.15, 0.2) is 18.2 Å². The summed E-state index contributed by atoms with van der Waals surface area (Å²) in [5.74, 6) is -2.27. The Morgan fingerprint density at radius 1 is 1.33 bits per heavy atom. The van der Waals surface area contributed by atoms with Crippen LogP contribution in [0.1, 0.15) is 23.5 Å². The number of nitrogens with one attached hydrogen (secondary N) is 1. The number of carbonyl (C=O) groups excluding carboxylic acids is 1. The van der Waals surface area contributed by atoms with Gasteiger partial charge in [-0.25, -0.2) is 4.39 Å². The molecule has 0 aromatic heterocycles. The number of benzene rings is 1. The van der Waals surface area contributed by atoms with Crippen molar-refractivity contribution in [1.29, 1.82) is 0 Å². The minimum atomic E-state index is -4.71. The van der Waals surface area contributed by atoms with Crippen molar-refractivity contribution in [3.05, 3.63) is 35.1 Å². The topological polar surface area (TPSA) is 38.3 Å². The maximum atomic E-state index is 13.6. The molecule has 2 rings (SSSR count). The summed E-state index contributed by atoms with van der Waals surface area (Å²) < 4.78 is 55.8. The fourth-order valence-corrected chi connectivity index (χ4v) is 2.56. The Morgan fingerprint density at radius 3 is 2.62 bits per heavy atom. The summed E-state index contributed by atoms with van der Waals surface area (Å²) in [6, 6.07) is 2.90. The Morgan fingerprint density at radius 2 is 2.05 bits per heavy atom. The molecule has 1 aromatic rings. The van der Waals surface area contributed by atoms with Crippen LogP contribution in [0.25, 0.3) is 0 Å². The van der Waals surface area contributed by atoms with Crippen molar-refractivity contribution in [1.82, 2.24) is 5.32 Å². The summed E-state index contributed by atoms with van der Waals surface area (Å²) in [7, 11) is 1.28. The molecule has 0 saturated carbocycles. The quantitative estimate of drug-likeness (QED) is 0.674. The molecule has 1 heterocycles. The molecule has 1 N–H and O–H groups in total. The summed E-state index contributed by atoms with van der Waals surface area (Å²) in [4.78, 5) is 11.5. The first kappa shape index (κ1) is 15.8. The fraction of sp³-hybridized carbons (Fsp3) is 0.500. The van der Waals surface area contributed by atoms with Crippen molar-refractivity contribution in [3.8, 4) is 0 Å². The summed E-state index contributed by atoms with van der Waals surface area (Å²) in [5, 5.41) is 3.02. The number of hydrogen-bond acceptors (Lipinski definition) is 3. The van der Waals surface area contributed by atoms with Crippen LogP contribution in [0.5, 0.6) is 0 Å². The van der Waals surface area contributed by atoms with Crippen LogP contribution in [0.4, 0.5) is 17.6 Å². The van der Waals surface area contributed by atoms with Crippen molar-refractivity contribution in [2.45, 2.75) is 18.5 Å². The highest BCUT2D eigenvalue weighted by Gasteiger charge is 2.35. The van der Waals surface area contributed by atoms with E-state index in [1.165, 1.54) is 13.2 Å². The molecule has 0 amide bonds. The molecule has 21 heavy (non-hydrogen) atoms. The monoisotopic (exact) mass is 305 g/mol. The van der Waals surface area contributed by atoms with Gasteiger partial charge < -0.3 is 10.1 Å². The smallest absolute Gasteiger partial charge is 0.419 e. The van der Waals surface area contributed by atoms with Gasteiger partial charge in [-0.3, -0.25) is 4.79 Å². The third-order valence-corrected chi connectivity index (χ3v) is 3.65. The number of esters is 1. The molecular formula is C14H15F4NO2. The maximum absolute atomic E-state index is 13.6. The van der Waals surface area contributed by atoms with Crippen molar-refractivity contribution >= 4 is 5.97 Å². The second kappa shape index (κ2) is 6.01. The van der Waals surface area contributed by atoms with E-state index in [0.717, 1.165) is 12.1 Å². The first-order valence-corrected chi connectivity index (χ1v) is 6.48. The molecule has 1 aliphatic rings. The number of carbonyl (C=O) groups is 1.